The van der Waals surface area contributed by atoms with Gasteiger partial charge in [-0.2, -0.15) is 0 Å². The molecule has 3 N–H and O–H groups in total. The largest absolute Gasteiger partial charge is 0.472 e. The number of pyridine rings is 3. The van der Waals surface area contributed by atoms with Crippen molar-refractivity contribution in [2.45, 2.75) is 58.3 Å². The van der Waals surface area contributed by atoms with Gasteiger partial charge >= 0.3 is 0 Å². The van der Waals surface area contributed by atoms with Crippen LogP contribution < -0.4 is 15.8 Å². The molecular formula is C25H31N5O4S. The summed E-state index contributed by atoms with van der Waals surface area (Å²) < 4.78 is 22.7. The van der Waals surface area contributed by atoms with E-state index in [0.717, 1.165) is 27.6 Å². The van der Waals surface area contributed by atoms with E-state index in [2.05, 4.69) is 15.3 Å². The van der Waals surface area contributed by atoms with Crippen LogP contribution in [-0.4, -0.2) is 48.8 Å². The summed E-state index contributed by atoms with van der Waals surface area (Å²) in [6.07, 6.45) is 3.33. The predicted molar refractivity (Wildman–Crippen MR) is 136 cm³/mol. The minimum Gasteiger partial charge on any atom is -0.472 e. The van der Waals surface area contributed by atoms with E-state index in [0.29, 0.717) is 35.5 Å². The first-order chi connectivity index (χ1) is 16.6. The number of ether oxygens (including phenoxy) is 2. The minimum atomic E-state index is -0.812. The number of aromatic nitrogens is 3. The molecule has 10 heteroatoms. The molecule has 0 spiro atoms. The molecule has 0 bridgehead atoms. The third kappa shape index (κ3) is 5.28. The van der Waals surface area contributed by atoms with Crippen LogP contribution in [0.5, 0.6) is 5.88 Å². The molecule has 0 saturated carbocycles. The van der Waals surface area contributed by atoms with Crippen LogP contribution in [0, 0.1) is 6.92 Å². The molecule has 0 amide bonds. The van der Waals surface area contributed by atoms with E-state index < -0.39 is 16.4 Å². The summed E-state index contributed by atoms with van der Waals surface area (Å²) in [5, 5.41) is 4.91. The quantitative estimate of drug-likeness (QED) is 0.425. The summed E-state index contributed by atoms with van der Waals surface area (Å²) in [6, 6.07) is 5.53. The topological polar surface area (TPSA) is 129 Å². The smallest absolute Gasteiger partial charge is 0.293 e. The fourth-order valence-corrected chi connectivity index (χ4v) is 4.86. The highest BCUT2D eigenvalue weighted by atomic mass is 32.2. The molecule has 1 fully saturated rings. The third-order valence-corrected chi connectivity index (χ3v) is 7.96. The van der Waals surface area contributed by atoms with Crippen molar-refractivity contribution in [1.82, 2.24) is 15.0 Å². The SMILES string of the molecule is Cc1ccc(Nc2cc3c(C(C)N)cnc(OC4CS(=O)C4)c3cn2)nc1C(C)C(C)(C)OC=O. The number of hydrogen-bond acceptors (Lipinski definition) is 9. The van der Waals surface area contributed by atoms with Crippen molar-refractivity contribution in [3.63, 3.8) is 0 Å². The van der Waals surface area contributed by atoms with E-state index in [1.54, 1.807) is 12.4 Å². The van der Waals surface area contributed by atoms with Crippen molar-refractivity contribution < 1.29 is 18.5 Å². The molecule has 3 aromatic rings. The lowest BCUT2D eigenvalue weighted by molar-refractivity contribution is -0.142. The molecule has 1 aliphatic rings. The van der Waals surface area contributed by atoms with E-state index >= 15 is 0 Å². The zero-order valence-corrected chi connectivity index (χ0v) is 21.4. The Hall–Kier alpha value is -3.11. The Morgan fingerprint density at radius 3 is 2.57 bits per heavy atom. The van der Waals surface area contributed by atoms with Gasteiger partial charge in [0.25, 0.3) is 6.47 Å². The van der Waals surface area contributed by atoms with Gasteiger partial charge in [-0.1, -0.05) is 13.0 Å². The lowest BCUT2D eigenvalue weighted by Gasteiger charge is -2.30. The molecule has 3 aromatic heterocycles. The van der Waals surface area contributed by atoms with Gasteiger partial charge in [0.2, 0.25) is 5.88 Å². The van der Waals surface area contributed by atoms with Crippen molar-refractivity contribution in [1.29, 1.82) is 0 Å². The van der Waals surface area contributed by atoms with Gasteiger partial charge in [0.15, 0.2) is 0 Å². The van der Waals surface area contributed by atoms with Crippen LogP contribution in [0.25, 0.3) is 10.8 Å². The molecule has 186 valence electrons. The summed E-state index contributed by atoms with van der Waals surface area (Å²) in [5.41, 5.74) is 8.21. The summed E-state index contributed by atoms with van der Waals surface area (Å²) in [6.45, 7) is 10.1. The van der Waals surface area contributed by atoms with E-state index in [1.807, 2.05) is 52.8 Å². The highest BCUT2D eigenvalue weighted by Gasteiger charge is 2.31. The lowest BCUT2D eigenvalue weighted by atomic mass is 9.87. The van der Waals surface area contributed by atoms with E-state index in [-0.39, 0.29) is 18.1 Å². The number of fused-ring (bicyclic) bond motifs is 1. The average molecular weight is 498 g/mol. The Morgan fingerprint density at radius 2 is 1.91 bits per heavy atom. The first-order valence-electron chi connectivity index (χ1n) is 11.5. The molecule has 4 heterocycles. The number of nitrogens with two attached hydrogens (primary N) is 1. The maximum absolute atomic E-state index is 11.4. The van der Waals surface area contributed by atoms with Crippen LogP contribution in [0.2, 0.25) is 0 Å². The standard InChI is InChI=1S/C25H31N5O4S/c1-14-6-7-21(30-23(14)15(2)25(4,5)33-13-31)29-22-8-18-19(16(3)26)9-28-24(20(18)10-27-22)34-17-11-35(32)12-17/h6-10,13,15-17H,11-12,26H2,1-5H3,(H,27,29,30). The Labute approximate surface area is 207 Å². The molecular weight excluding hydrogens is 466 g/mol. The van der Waals surface area contributed by atoms with Crippen molar-refractivity contribution in [2.75, 3.05) is 16.8 Å². The number of carbonyl (C=O) groups is 1. The van der Waals surface area contributed by atoms with E-state index in [4.69, 9.17) is 20.2 Å². The molecule has 35 heavy (non-hydrogen) atoms. The molecule has 4 rings (SSSR count). The second-order valence-corrected chi connectivity index (χ2v) is 11.0. The lowest BCUT2D eigenvalue weighted by Crippen LogP contribution is -2.41. The number of anilines is 2. The van der Waals surface area contributed by atoms with Gasteiger partial charge in [-0.15, -0.1) is 0 Å². The summed E-state index contributed by atoms with van der Waals surface area (Å²) in [4.78, 5) is 24.8. The van der Waals surface area contributed by atoms with E-state index in [9.17, 15) is 9.00 Å². The van der Waals surface area contributed by atoms with Crippen LogP contribution in [-0.2, 0) is 20.3 Å². The minimum absolute atomic E-state index is 0.102. The molecule has 1 aliphatic heterocycles. The summed E-state index contributed by atoms with van der Waals surface area (Å²) >= 11 is 0. The molecule has 1 saturated heterocycles. The van der Waals surface area contributed by atoms with Gasteiger partial charge in [-0.3, -0.25) is 9.00 Å². The van der Waals surface area contributed by atoms with E-state index in [1.165, 1.54) is 0 Å². The second kappa shape index (κ2) is 9.87. The first-order valence-corrected chi connectivity index (χ1v) is 13.0. The molecule has 2 unspecified atom stereocenters. The van der Waals surface area contributed by atoms with Gasteiger partial charge in [0.05, 0.1) is 22.6 Å². The zero-order valence-electron chi connectivity index (χ0n) is 20.6. The van der Waals surface area contributed by atoms with Crippen LogP contribution in [0.3, 0.4) is 0 Å². The Morgan fingerprint density at radius 1 is 1.17 bits per heavy atom. The Bertz CT molecular complexity index is 1270. The zero-order chi connectivity index (χ0) is 25.3. The van der Waals surface area contributed by atoms with Gasteiger partial charge in [0, 0.05) is 35.2 Å². The van der Waals surface area contributed by atoms with Gasteiger partial charge < -0.3 is 20.5 Å². The molecule has 0 aromatic carbocycles. The van der Waals surface area contributed by atoms with Crippen molar-refractivity contribution in [3.05, 3.63) is 47.4 Å². The number of hydrogen-bond donors (Lipinski definition) is 2. The third-order valence-electron chi connectivity index (χ3n) is 6.48. The number of nitrogens with one attached hydrogen (secondary N) is 1. The normalized spacial score (nSPS) is 19.5. The maximum atomic E-state index is 11.4. The van der Waals surface area contributed by atoms with Crippen LogP contribution >= 0.6 is 0 Å². The van der Waals surface area contributed by atoms with Crippen LogP contribution in [0.4, 0.5) is 11.6 Å². The number of nitrogens with zero attached hydrogens (tertiary/aromatic N) is 3. The van der Waals surface area contributed by atoms with Crippen LogP contribution in [0.1, 0.15) is 56.5 Å². The Kier molecular flexibility index (Phi) is 7.05. The van der Waals surface area contributed by atoms with Crippen LogP contribution in [0.15, 0.2) is 30.6 Å². The summed E-state index contributed by atoms with van der Waals surface area (Å²) in [7, 11) is -0.812. The fraction of sp³-hybridized carbons (Fsp3) is 0.440. The van der Waals surface area contributed by atoms with Gasteiger partial charge in [-0.25, -0.2) is 15.0 Å². The first kappa shape index (κ1) is 25.0. The molecule has 0 radical (unpaired) electrons. The molecule has 9 nitrogen and oxygen atoms in total. The second-order valence-electron chi connectivity index (χ2n) is 9.50. The molecule has 0 aliphatic carbocycles. The van der Waals surface area contributed by atoms with Gasteiger partial charge in [-0.05, 0) is 56.3 Å². The summed E-state index contributed by atoms with van der Waals surface area (Å²) in [5.74, 6) is 2.58. The van der Waals surface area contributed by atoms with Crippen molar-refractivity contribution >= 4 is 39.7 Å². The predicted octanol–water partition coefficient (Wildman–Crippen LogP) is 3.66. The fourth-order valence-electron chi connectivity index (χ4n) is 3.99. The average Bonchev–Trinajstić information content (AvgIpc) is 2.78. The number of aryl methyl sites for hydroxylation is 1. The monoisotopic (exact) mass is 497 g/mol. The van der Waals surface area contributed by atoms with Gasteiger partial charge in [0.1, 0.15) is 23.3 Å². The number of carbonyl (C=O) groups excluding carboxylic acids is 1. The maximum Gasteiger partial charge on any atom is 0.293 e. The van der Waals surface area contributed by atoms with Crippen molar-refractivity contribution in [2.24, 2.45) is 5.73 Å². The number of rotatable bonds is 9. The highest BCUT2D eigenvalue weighted by Crippen LogP contribution is 2.34. The Balaban J connectivity index is 1.66. The van der Waals surface area contributed by atoms with Crippen molar-refractivity contribution in [3.8, 4) is 5.88 Å². The highest BCUT2D eigenvalue weighted by molar-refractivity contribution is 7.86. The molecule has 2 atom stereocenters.